The van der Waals surface area contributed by atoms with Gasteiger partial charge in [-0.15, -0.1) is 0 Å². The zero-order valence-corrected chi connectivity index (χ0v) is 10.6. The molecule has 1 atom stereocenters. The van der Waals surface area contributed by atoms with E-state index in [1.807, 2.05) is 0 Å². The minimum absolute atomic E-state index is 0.451. The quantitative estimate of drug-likeness (QED) is 0.776. The number of aliphatic hydroxyl groups is 1. The van der Waals surface area contributed by atoms with E-state index in [4.69, 9.17) is 0 Å². The van der Waals surface area contributed by atoms with Gasteiger partial charge in [-0.05, 0) is 51.1 Å². The Hall–Kier alpha value is -0.0800. The summed E-state index contributed by atoms with van der Waals surface area (Å²) in [6, 6.07) is 0. The van der Waals surface area contributed by atoms with Gasteiger partial charge in [0.05, 0.1) is 5.60 Å². The maximum Gasteiger partial charge on any atom is 0.0768 e. The Bertz CT molecular complexity index is 177. The van der Waals surface area contributed by atoms with Crippen LogP contribution >= 0.6 is 0 Å². The summed E-state index contributed by atoms with van der Waals surface area (Å²) in [5, 5.41) is 10.3. The molecule has 15 heavy (non-hydrogen) atoms. The molecule has 90 valence electrons. The van der Waals surface area contributed by atoms with Crippen LogP contribution in [0.1, 0.15) is 52.9 Å². The van der Waals surface area contributed by atoms with Crippen LogP contribution in [-0.4, -0.2) is 35.2 Å². The number of likely N-dealkylation sites (tertiary alicyclic amines) is 1. The first kappa shape index (κ1) is 13.0. The molecule has 0 spiro atoms. The van der Waals surface area contributed by atoms with E-state index in [0.29, 0.717) is 0 Å². The molecule has 1 fully saturated rings. The molecule has 1 unspecified atom stereocenters. The fourth-order valence-corrected chi connectivity index (χ4v) is 2.37. The van der Waals surface area contributed by atoms with Crippen molar-refractivity contribution < 1.29 is 5.11 Å². The Morgan fingerprint density at radius 2 is 1.87 bits per heavy atom. The van der Waals surface area contributed by atoms with Crippen molar-refractivity contribution in [3.63, 3.8) is 0 Å². The number of hydrogen-bond donors (Lipinski definition) is 1. The second-order valence-electron chi connectivity index (χ2n) is 5.24. The smallest absolute Gasteiger partial charge is 0.0768 e. The highest BCUT2D eigenvalue weighted by atomic mass is 16.3. The average Bonchev–Trinajstić information content (AvgIpc) is 2.44. The number of nitrogens with zero attached hydrogens (tertiary/aromatic N) is 1. The second-order valence-corrected chi connectivity index (χ2v) is 5.24. The van der Waals surface area contributed by atoms with Crippen molar-refractivity contribution in [1.29, 1.82) is 0 Å². The van der Waals surface area contributed by atoms with Gasteiger partial charge in [0.15, 0.2) is 0 Å². The molecular formula is C13H27NO. The molecule has 0 radical (unpaired) electrons. The Morgan fingerprint density at radius 3 is 2.47 bits per heavy atom. The maximum atomic E-state index is 10.3. The van der Waals surface area contributed by atoms with Gasteiger partial charge >= 0.3 is 0 Å². The second kappa shape index (κ2) is 5.86. The van der Waals surface area contributed by atoms with E-state index in [9.17, 15) is 5.11 Å². The molecule has 0 aliphatic carbocycles. The van der Waals surface area contributed by atoms with E-state index in [2.05, 4.69) is 25.7 Å². The van der Waals surface area contributed by atoms with Crippen molar-refractivity contribution in [2.24, 2.45) is 5.92 Å². The lowest BCUT2D eigenvalue weighted by Crippen LogP contribution is -2.42. The summed E-state index contributed by atoms with van der Waals surface area (Å²) in [6.45, 7) is 9.73. The molecule has 2 nitrogen and oxygen atoms in total. The molecule has 0 amide bonds. The van der Waals surface area contributed by atoms with Gasteiger partial charge in [-0.2, -0.15) is 0 Å². The monoisotopic (exact) mass is 213 g/mol. The molecule has 0 aromatic heterocycles. The van der Waals surface area contributed by atoms with Crippen LogP contribution in [0.5, 0.6) is 0 Å². The van der Waals surface area contributed by atoms with Gasteiger partial charge < -0.3 is 10.0 Å². The lowest BCUT2D eigenvalue weighted by atomic mass is 9.96. The Labute approximate surface area is 94.7 Å². The van der Waals surface area contributed by atoms with E-state index < -0.39 is 5.60 Å². The van der Waals surface area contributed by atoms with Crippen LogP contribution in [-0.2, 0) is 0 Å². The predicted octanol–water partition coefficient (Wildman–Crippen LogP) is 2.66. The largest absolute Gasteiger partial charge is 0.389 e. The lowest BCUT2D eigenvalue weighted by molar-refractivity contribution is -0.00271. The molecule has 1 N–H and O–H groups in total. The van der Waals surface area contributed by atoms with Crippen molar-refractivity contribution >= 4 is 0 Å². The molecule has 1 rings (SSSR count). The van der Waals surface area contributed by atoms with E-state index >= 15 is 0 Å². The van der Waals surface area contributed by atoms with Crippen LogP contribution in [0.3, 0.4) is 0 Å². The number of β-amino-alcohol motifs (C(OH)–C–C–N with tert-alkyl or cyclic N) is 1. The third-order valence-electron chi connectivity index (χ3n) is 3.94. The zero-order valence-electron chi connectivity index (χ0n) is 10.6. The Balaban J connectivity index is 2.43. The third kappa shape index (κ3) is 4.12. The third-order valence-corrected chi connectivity index (χ3v) is 3.94. The van der Waals surface area contributed by atoms with Gasteiger partial charge in [-0.1, -0.05) is 20.8 Å². The Morgan fingerprint density at radius 1 is 1.20 bits per heavy atom. The highest BCUT2D eigenvalue weighted by Crippen LogP contribution is 2.21. The summed E-state index contributed by atoms with van der Waals surface area (Å²) in [5.74, 6) is 0.867. The van der Waals surface area contributed by atoms with E-state index in [1.54, 1.807) is 0 Å². The minimum Gasteiger partial charge on any atom is -0.389 e. The first-order valence-corrected chi connectivity index (χ1v) is 6.54. The van der Waals surface area contributed by atoms with Gasteiger partial charge in [-0.25, -0.2) is 0 Å². The summed E-state index contributed by atoms with van der Waals surface area (Å²) in [4.78, 5) is 2.45. The summed E-state index contributed by atoms with van der Waals surface area (Å²) in [6.07, 6.45) is 5.69. The summed E-state index contributed by atoms with van der Waals surface area (Å²) in [7, 11) is 0. The van der Waals surface area contributed by atoms with Gasteiger partial charge in [0, 0.05) is 6.54 Å². The van der Waals surface area contributed by atoms with Crippen molar-refractivity contribution in [2.75, 3.05) is 19.6 Å². The molecule has 0 saturated carbocycles. The fourth-order valence-electron chi connectivity index (χ4n) is 2.37. The normalized spacial score (nSPS) is 25.2. The molecular weight excluding hydrogens is 186 g/mol. The van der Waals surface area contributed by atoms with Gasteiger partial charge in [0.1, 0.15) is 0 Å². The van der Waals surface area contributed by atoms with Gasteiger partial charge in [0.2, 0.25) is 0 Å². The molecule has 1 heterocycles. The highest BCUT2D eigenvalue weighted by Gasteiger charge is 2.26. The topological polar surface area (TPSA) is 23.5 Å². The van der Waals surface area contributed by atoms with Crippen molar-refractivity contribution in [1.82, 2.24) is 4.90 Å². The molecule has 1 saturated heterocycles. The summed E-state index contributed by atoms with van der Waals surface area (Å²) in [5.41, 5.74) is -0.451. The van der Waals surface area contributed by atoms with Crippen LogP contribution in [0.15, 0.2) is 0 Å². The van der Waals surface area contributed by atoms with Crippen molar-refractivity contribution in [3.8, 4) is 0 Å². The number of hydrogen-bond acceptors (Lipinski definition) is 2. The number of rotatable bonds is 4. The van der Waals surface area contributed by atoms with Gasteiger partial charge in [0.25, 0.3) is 0 Å². The van der Waals surface area contributed by atoms with Crippen molar-refractivity contribution in [3.05, 3.63) is 0 Å². The molecule has 0 aromatic carbocycles. The molecule has 1 aliphatic heterocycles. The van der Waals surface area contributed by atoms with Crippen LogP contribution in [0.25, 0.3) is 0 Å². The SMILES string of the molecule is CCC(O)(CC)CN1CCCC(C)CC1. The van der Waals surface area contributed by atoms with Crippen LogP contribution in [0, 0.1) is 5.92 Å². The minimum atomic E-state index is -0.451. The standard InChI is InChI=1S/C13H27NO/c1-4-13(15,5-2)11-14-9-6-7-12(3)8-10-14/h12,15H,4-11H2,1-3H3. The van der Waals surface area contributed by atoms with Crippen LogP contribution < -0.4 is 0 Å². The molecule has 0 aromatic rings. The molecule has 2 heteroatoms. The highest BCUT2D eigenvalue weighted by molar-refractivity contribution is 4.81. The first-order valence-electron chi connectivity index (χ1n) is 6.54. The van der Waals surface area contributed by atoms with E-state index in [1.165, 1.54) is 32.4 Å². The Kier molecular flexibility index (Phi) is 5.07. The van der Waals surface area contributed by atoms with Crippen LogP contribution in [0.4, 0.5) is 0 Å². The van der Waals surface area contributed by atoms with E-state index in [0.717, 1.165) is 25.3 Å². The summed E-state index contributed by atoms with van der Waals surface area (Å²) < 4.78 is 0. The fraction of sp³-hybridized carbons (Fsp3) is 1.00. The zero-order chi connectivity index (χ0) is 11.3. The molecule has 0 bridgehead atoms. The summed E-state index contributed by atoms with van der Waals surface area (Å²) >= 11 is 0. The van der Waals surface area contributed by atoms with Crippen LogP contribution in [0.2, 0.25) is 0 Å². The predicted molar refractivity (Wildman–Crippen MR) is 65.0 cm³/mol. The first-order chi connectivity index (χ1) is 7.09. The maximum absolute atomic E-state index is 10.3. The van der Waals surface area contributed by atoms with Crippen molar-refractivity contribution in [2.45, 2.75) is 58.5 Å². The lowest BCUT2D eigenvalue weighted by Gasteiger charge is -2.32. The molecule has 1 aliphatic rings. The average molecular weight is 213 g/mol. The van der Waals surface area contributed by atoms with E-state index in [-0.39, 0.29) is 0 Å². The van der Waals surface area contributed by atoms with Gasteiger partial charge in [-0.3, -0.25) is 0 Å².